The third-order valence-electron chi connectivity index (χ3n) is 4.04. The van der Waals surface area contributed by atoms with Crippen molar-refractivity contribution in [2.24, 2.45) is 0 Å². The number of para-hydroxylation sites is 1. The normalized spacial score (nSPS) is 11.6. The molecule has 156 valence electrons. The number of likely N-dealkylation sites (N-methyl/N-ethyl adjacent to an activating group) is 1. The summed E-state index contributed by atoms with van der Waals surface area (Å²) in [4.78, 5) is 39.3. The molecule has 0 aliphatic carbocycles. The largest absolute Gasteiger partial charge is 0.496 e. The highest BCUT2D eigenvalue weighted by atomic mass is 32.2. The molecule has 7 nitrogen and oxygen atoms in total. The lowest BCUT2D eigenvalue weighted by molar-refractivity contribution is -0.137. The summed E-state index contributed by atoms with van der Waals surface area (Å²) in [6.07, 6.45) is 2.42. The highest BCUT2D eigenvalue weighted by Crippen LogP contribution is 2.17. The Kier molecular flexibility index (Phi) is 10.4. The van der Waals surface area contributed by atoms with Gasteiger partial charge in [-0.3, -0.25) is 14.4 Å². The van der Waals surface area contributed by atoms with Crippen LogP contribution in [0, 0.1) is 0 Å². The molecule has 0 spiro atoms. The van der Waals surface area contributed by atoms with Gasteiger partial charge in [-0.1, -0.05) is 12.1 Å². The number of methoxy groups -OCH3 is 1. The smallest absolute Gasteiger partial charge is 0.255 e. The molecule has 0 fully saturated rings. The molecule has 0 saturated carbocycles. The first-order valence-electron chi connectivity index (χ1n) is 9.34. The Morgan fingerprint density at radius 2 is 1.86 bits per heavy atom. The first kappa shape index (κ1) is 23.8. The molecular formula is C20H31N3O4S. The Balaban J connectivity index is 2.93. The summed E-state index contributed by atoms with van der Waals surface area (Å²) in [6, 6.07) is 6.15. The Morgan fingerprint density at radius 3 is 2.43 bits per heavy atom. The van der Waals surface area contributed by atoms with Crippen LogP contribution in [-0.2, 0) is 9.59 Å². The van der Waals surface area contributed by atoms with Crippen LogP contribution < -0.4 is 15.4 Å². The number of carbonyl (C=O) groups excluding carboxylic acids is 3. The van der Waals surface area contributed by atoms with Crippen molar-refractivity contribution in [3.05, 3.63) is 29.8 Å². The van der Waals surface area contributed by atoms with Crippen molar-refractivity contribution in [1.82, 2.24) is 15.5 Å². The van der Waals surface area contributed by atoms with E-state index in [1.165, 1.54) is 12.0 Å². The van der Waals surface area contributed by atoms with Gasteiger partial charge in [-0.2, -0.15) is 11.8 Å². The van der Waals surface area contributed by atoms with Gasteiger partial charge in [-0.05, 0) is 51.3 Å². The van der Waals surface area contributed by atoms with Crippen LogP contribution in [0.15, 0.2) is 24.3 Å². The van der Waals surface area contributed by atoms with Crippen molar-refractivity contribution in [2.75, 3.05) is 32.2 Å². The van der Waals surface area contributed by atoms with Gasteiger partial charge in [0.05, 0.1) is 19.2 Å². The van der Waals surface area contributed by atoms with Crippen molar-refractivity contribution >= 4 is 29.5 Å². The van der Waals surface area contributed by atoms with E-state index < -0.39 is 6.04 Å². The Labute approximate surface area is 171 Å². The third-order valence-corrected chi connectivity index (χ3v) is 4.69. The molecule has 0 radical (unpaired) electrons. The molecule has 0 unspecified atom stereocenters. The van der Waals surface area contributed by atoms with E-state index in [4.69, 9.17) is 4.74 Å². The molecule has 3 amide bonds. The zero-order valence-electron chi connectivity index (χ0n) is 17.3. The molecular weight excluding hydrogens is 378 g/mol. The topological polar surface area (TPSA) is 87.7 Å². The molecule has 28 heavy (non-hydrogen) atoms. The molecule has 0 aliphatic heterocycles. The zero-order chi connectivity index (χ0) is 21.1. The van der Waals surface area contributed by atoms with Gasteiger partial charge in [0.25, 0.3) is 5.91 Å². The van der Waals surface area contributed by atoms with Gasteiger partial charge >= 0.3 is 0 Å². The molecule has 8 heteroatoms. The fourth-order valence-corrected chi connectivity index (χ4v) is 3.14. The fraction of sp³-hybridized carbons (Fsp3) is 0.550. The monoisotopic (exact) mass is 409 g/mol. The molecule has 0 aliphatic rings. The second-order valence-electron chi connectivity index (χ2n) is 6.58. The minimum atomic E-state index is -0.711. The van der Waals surface area contributed by atoms with E-state index in [-0.39, 0.29) is 30.3 Å². The van der Waals surface area contributed by atoms with Gasteiger partial charge in [0.1, 0.15) is 11.8 Å². The molecule has 0 heterocycles. The van der Waals surface area contributed by atoms with Gasteiger partial charge in [0.15, 0.2) is 0 Å². The summed E-state index contributed by atoms with van der Waals surface area (Å²) < 4.78 is 5.23. The number of carbonyl (C=O) groups is 3. The van der Waals surface area contributed by atoms with Gasteiger partial charge in [0, 0.05) is 12.6 Å². The number of rotatable bonds is 11. The van der Waals surface area contributed by atoms with Crippen LogP contribution in [0.1, 0.15) is 37.6 Å². The lowest BCUT2D eigenvalue weighted by Crippen LogP contribution is -2.51. The molecule has 1 aromatic carbocycles. The SMILES string of the molecule is CCN(CC(=O)NC(C)C)C(=O)[C@H](CCSC)NC(=O)c1ccccc1OC. The average Bonchev–Trinajstić information content (AvgIpc) is 2.67. The van der Waals surface area contributed by atoms with Crippen LogP contribution in [0.4, 0.5) is 0 Å². The van der Waals surface area contributed by atoms with E-state index in [9.17, 15) is 14.4 Å². The summed E-state index contributed by atoms with van der Waals surface area (Å²) in [6.45, 7) is 5.89. The lowest BCUT2D eigenvalue weighted by atomic mass is 10.1. The second-order valence-corrected chi connectivity index (χ2v) is 7.57. The summed E-state index contributed by atoms with van der Waals surface area (Å²) in [7, 11) is 1.49. The Morgan fingerprint density at radius 1 is 1.18 bits per heavy atom. The number of ether oxygens (including phenoxy) is 1. The van der Waals surface area contributed by atoms with Crippen LogP contribution in [0.2, 0.25) is 0 Å². The summed E-state index contributed by atoms with van der Waals surface area (Å²) >= 11 is 1.59. The quantitative estimate of drug-likeness (QED) is 0.583. The standard InChI is InChI=1S/C20H31N3O4S/c1-6-23(13-18(24)21-14(2)3)20(26)16(11-12-28-5)22-19(25)15-9-7-8-10-17(15)27-4/h7-10,14,16H,6,11-13H2,1-5H3,(H,21,24)(H,22,25)/t16-/m0/s1. The fourth-order valence-electron chi connectivity index (χ4n) is 2.67. The van der Waals surface area contributed by atoms with E-state index in [1.807, 2.05) is 27.0 Å². The number of amides is 3. The molecule has 1 rings (SSSR count). The first-order valence-corrected chi connectivity index (χ1v) is 10.7. The molecule has 0 aromatic heterocycles. The van der Waals surface area contributed by atoms with E-state index in [2.05, 4.69) is 10.6 Å². The minimum Gasteiger partial charge on any atom is -0.496 e. The van der Waals surface area contributed by atoms with Crippen molar-refractivity contribution in [2.45, 2.75) is 39.3 Å². The molecule has 0 saturated heterocycles. The van der Waals surface area contributed by atoms with Crippen molar-refractivity contribution in [1.29, 1.82) is 0 Å². The second kappa shape index (κ2) is 12.3. The number of hydrogen-bond acceptors (Lipinski definition) is 5. The maximum Gasteiger partial charge on any atom is 0.255 e. The van der Waals surface area contributed by atoms with E-state index >= 15 is 0 Å². The zero-order valence-corrected chi connectivity index (χ0v) is 18.1. The van der Waals surface area contributed by atoms with E-state index in [0.717, 1.165) is 0 Å². The highest BCUT2D eigenvalue weighted by molar-refractivity contribution is 7.98. The predicted octanol–water partition coefficient (Wildman–Crippen LogP) is 1.92. The number of nitrogens with one attached hydrogen (secondary N) is 2. The van der Waals surface area contributed by atoms with E-state index in [1.54, 1.807) is 36.0 Å². The third kappa shape index (κ3) is 7.42. The minimum absolute atomic E-state index is 0.00107. The summed E-state index contributed by atoms with van der Waals surface area (Å²) in [5, 5.41) is 5.60. The Hall–Kier alpha value is -2.22. The van der Waals surface area contributed by atoms with E-state index in [0.29, 0.717) is 30.0 Å². The van der Waals surface area contributed by atoms with Gasteiger partial charge < -0.3 is 20.3 Å². The lowest BCUT2D eigenvalue weighted by Gasteiger charge is -2.27. The van der Waals surface area contributed by atoms with Crippen molar-refractivity contribution in [3.63, 3.8) is 0 Å². The van der Waals surface area contributed by atoms with Gasteiger partial charge in [-0.15, -0.1) is 0 Å². The maximum absolute atomic E-state index is 13.0. The first-order chi connectivity index (χ1) is 13.3. The molecule has 1 atom stereocenters. The Bertz CT molecular complexity index is 667. The van der Waals surface area contributed by atoms with Crippen LogP contribution in [0.3, 0.4) is 0 Å². The highest BCUT2D eigenvalue weighted by Gasteiger charge is 2.27. The predicted molar refractivity (Wildman–Crippen MR) is 113 cm³/mol. The van der Waals surface area contributed by atoms with Crippen LogP contribution in [-0.4, -0.2) is 66.9 Å². The average molecular weight is 410 g/mol. The van der Waals surface area contributed by atoms with Crippen LogP contribution in [0.5, 0.6) is 5.75 Å². The number of benzene rings is 1. The number of hydrogen-bond donors (Lipinski definition) is 2. The van der Waals surface area contributed by atoms with Crippen molar-refractivity contribution < 1.29 is 19.1 Å². The molecule has 0 bridgehead atoms. The van der Waals surface area contributed by atoms with Gasteiger partial charge in [-0.25, -0.2) is 0 Å². The number of nitrogens with zero attached hydrogens (tertiary/aromatic N) is 1. The van der Waals surface area contributed by atoms with Gasteiger partial charge in [0.2, 0.25) is 11.8 Å². The number of thioether (sulfide) groups is 1. The summed E-state index contributed by atoms with van der Waals surface area (Å²) in [5.74, 6) is 0.293. The van der Waals surface area contributed by atoms with Crippen LogP contribution >= 0.6 is 11.8 Å². The maximum atomic E-state index is 13.0. The molecule has 2 N–H and O–H groups in total. The van der Waals surface area contributed by atoms with Crippen LogP contribution in [0.25, 0.3) is 0 Å². The molecule has 1 aromatic rings. The summed E-state index contributed by atoms with van der Waals surface area (Å²) in [5.41, 5.74) is 0.368. The van der Waals surface area contributed by atoms with Crippen molar-refractivity contribution in [3.8, 4) is 5.75 Å².